The van der Waals surface area contributed by atoms with Crippen LogP contribution in [0.1, 0.15) is 23.2 Å². The molecule has 29 heavy (non-hydrogen) atoms. The maximum absolute atomic E-state index is 12.6. The highest BCUT2D eigenvalue weighted by Crippen LogP contribution is 2.30. The Morgan fingerprint density at radius 1 is 1.14 bits per heavy atom. The number of sulfonamides is 1. The maximum atomic E-state index is 12.6. The molecular weight excluding hydrogens is 430 g/mol. The number of carbonyl (C=O) groups excluding carboxylic acids is 1. The zero-order chi connectivity index (χ0) is 20.6. The lowest BCUT2D eigenvalue weighted by molar-refractivity contribution is 0.102. The predicted molar refractivity (Wildman–Crippen MR) is 115 cm³/mol. The summed E-state index contributed by atoms with van der Waals surface area (Å²) < 4.78 is 26.5. The number of benzene rings is 2. The van der Waals surface area contributed by atoms with Gasteiger partial charge in [-0.1, -0.05) is 23.7 Å². The molecule has 1 aliphatic rings. The van der Waals surface area contributed by atoms with Crippen molar-refractivity contribution in [2.75, 3.05) is 12.4 Å². The van der Waals surface area contributed by atoms with Crippen molar-refractivity contribution in [3.8, 4) is 11.3 Å². The standard InChI is InChI=1S/C20H18ClN3O3S2/c1-24(16-8-9-16)29(26,27)17-10-4-14(5-11-17)19(25)23-20-22-18(12-28-20)13-2-6-15(21)7-3-13/h2-7,10-12,16H,8-9H2,1H3,(H,22,23,25). The van der Waals surface area contributed by atoms with Gasteiger partial charge in [0.15, 0.2) is 5.13 Å². The summed E-state index contributed by atoms with van der Waals surface area (Å²) in [6.07, 6.45) is 1.78. The molecule has 1 N–H and O–H groups in total. The summed E-state index contributed by atoms with van der Waals surface area (Å²) in [7, 11) is -1.93. The van der Waals surface area contributed by atoms with Gasteiger partial charge in [-0.05, 0) is 49.2 Å². The molecule has 3 aromatic rings. The van der Waals surface area contributed by atoms with Gasteiger partial charge in [0.05, 0.1) is 10.6 Å². The topological polar surface area (TPSA) is 79.4 Å². The quantitative estimate of drug-likeness (QED) is 0.603. The first-order chi connectivity index (χ1) is 13.8. The second-order valence-corrected chi connectivity index (χ2v) is 10.1. The minimum atomic E-state index is -3.53. The molecule has 1 heterocycles. The van der Waals surface area contributed by atoms with Gasteiger partial charge >= 0.3 is 0 Å². The highest BCUT2D eigenvalue weighted by molar-refractivity contribution is 7.89. The summed E-state index contributed by atoms with van der Waals surface area (Å²) in [6.45, 7) is 0. The van der Waals surface area contributed by atoms with E-state index in [1.807, 2.05) is 17.5 Å². The highest BCUT2D eigenvalue weighted by atomic mass is 35.5. The molecule has 4 rings (SSSR count). The lowest BCUT2D eigenvalue weighted by Crippen LogP contribution is -2.29. The fourth-order valence-corrected chi connectivity index (χ4v) is 5.09. The van der Waals surface area contributed by atoms with Crippen LogP contribution in [0.15, 0.2) is 58.8 Å². The van der Waals surface area contributed by atoms with Gasteiger partial charge in [-0.25, -0.2) is 13.4 Å². The molecule has 1 aliphatic carbocycles. The molecule has 1 amide bonds. The smallest absolute Gasteiger partial charge is 0.257 e. The number of hydrogen-bond donors (Lipinski definition) is 1. The van der Waals surface area contributed by atoms with Gasteiger partial charge in [0, 0.05) is 34.6 Å². The molecule has 0 unspecified atom stereocenters. The molecule has 0 spiro atoms. The summed E-state index contributed by atoms with van der Waals surface area (Å²) in [5.74, 6) is -0.346. The molecule has 0 aliphatic heterocycles. The van der Waals surface area contributed by atoms with Gasteiger partial charge in [0.2, 0.25) is 10.0 Å². The van der Waals surface area contributed by atoms with Crippen molar-refractivity contribution in [1.29, 1.82) is 0 Å². The van der Waals surface area contributed by atoms with E-state index in [4.69, 9.17) is 11.6 Å². The van der Waals surface area contributed by atoms with E-state index < -0.39 is 10.0 Å². The zero-order valence-corrected chi connectivity index (χ0v) is 17.9. The molecule has 6 nitrogen and oxygen atoms in total. The van der Waals surface area contributed by atoms with Crippen molar-refractivity contribution in [3.63, 3.8) is 0 Å². The Labute approximate surface area is 178 Å². The molecule has 1 fully saturated rings. The second kappa shape index (κ2) is 7.87. The lowest BCUT2D eigenvalue weighted by atomic mass is 10.2. The van der Waals surface area contributed by atoms with E-state index in [2.05, 4.69) is 10.3 Å². The molecule has 150 valence electrons. The Balaban J connectivity index is 1.46. The SMILES string of the molecule is CN(C1CC1)S(=O)(=O)c1ccc(C(=O)Nc2nc(-c3ccc(Cl)cc3)cs2)cc1. The van der Waals surface area contributed by atoms with Crippen LogP contribution in [0.25, 0.3) is 11.3 Å². The minimum Gasteiger partial charge on any atom is -0.298 e. The van der Waals surface area contributed by atoms with Gasteiger partial charge in [-0.3, -0.25) is 10.1 Å². The highest BCUT2D eigenvalue weighted by Gasteiger charge is 2.35. The Bertz CT molecular complexity index is 1140. The summed E-state index contributed by atoms with van der Waals surface area (Å²) >= 11 is 7.22. The largest absolute Gasteiger partial charge is 0.298 e. The lowest BCUT2D eigenvalue weighted by Gasteiger charge is -2.16. The Kier molecular flexibility index (Phi) is 5.44. The third-order valence-corrected chi connectivity index (χ3v) is 7.65. The summed E-state index contributed by atoms with van der Waals surface area (Å²) in [5, 5.41) is 5.71. The average molecular weight is 448 g/mol. The first-order valence-electron chi connectivity index (χ1n) is 8.95. The van der Waals surface area contributed by atoms with Crippen LogP contribution in [0.5, 0.6) is 0 Å². The van der Waals surface area contributed by atoms with E-state index in [1.54, 1.807) is 19.2 Å². The van der Waals surface area contributed by atoms with Crippen LogP contribution in [0, 0.1) is 0 Å². The third-order valence-electron chi connectivity index (χ3n) is 4.72. The van der Waals surface area contributed by atoms with Crippen molar-refractivity contribution < 1.29 is 13.2 Å². The van der Waals surface area contributed by atoms with E-state index in [9.17, 15) is 13.2 Å². The van der Waals surface area contributed by atoms with Crippen LogP contribution >= 0.6 is 22.9 Å². The minimum absolute atomic E-state index is 0.0858. The average Bonchev–Trinajstić information content (AvgIpc) is 3.47. The van der Waals surface area contributed by atoms with E-state index in [0.717, 1.165) is 24.1 Å². The molecule has 0 bridgehead atoms. The number of nitrogens with zero attached hydrogens (tertiary/aromatic N) is 2. The van der Waals surface area contributed by atoms with Crippen molar-refractivity contribution in [2.45, 2.75) is 23.8 Å². The Morgan fingerprint density at radius 3 is 2.41 bits per heavy atom. The molecule has 9 heteroatoms. The number of amides is 1. The molecule has 1 aromatic heterocycles. The molecule has 0 saturated heterocycles. The number of anilines is 1. The van der Waals surface area contributed by atoms with Crippen molar-refractivity contribution in [2.24, 2.45) is 0 Å². The fourth-order valence-electron chi connectivity index (χ4n) is 2.83. The molecule has 2 aromatic carbocycles. The number of rotatable bonds is 6. The van der Waals surface area contributed by atoms with Crippen LogP contribution in [-0.2, 0) is 10.0 Å². The number of carbonyl (C=O) groups is 1. The molecule has 1 saturated carbocycles. The number of nitrogens with one attached hydrogen (secondary N) is 1. The van der Waals surface area contributed by atoms with E-state index in [0.29, 0.717) is 15.7 Å². The normalized spacial score (nSPS) is 14.2. The first kappa shape index (κ1) is 20.0. The van der Waals surface area contributed by atoms with Gasteiger partial charge in [-0.15, -0.1) is 11.3 Å². The Morgan fingerprint density at radius 2 is 1.79 bits per heavy atom. The Hall–Kier alpha value is -2.26. The van der Waals surface area contributed by atoms with Crippen LogP contribution in [0.3, 0.4) is 0 Å². The first-order valence-corrected chi connectivity index (χ1v) is 11.7. The summed E-state index contributed by atoms with van der Waals surface area (Å²) in [4.78, 5) is 17.1. The molecule has 0 atom stereocenters. The van der Waals surface area contributed by atoms with Crippen molar-refractivity contribution >= 4 is 44.0 Å². The fraction of sp³-hybridized carbons (Fsp3) is 0.200. The summed E-state index contributed by atoms with van der Waals surface area (Å²) in [5.41, 5.74) is 2.01. The summed E-state index contributed by atoms with van der Waals surface area (Å²) in [6, 6.07) is 13.3. The van der Waals surface area contributed by atoms with Crippen LogP contribution in [-0.4, -0.2) is 36.7 Å². The number of hydrogen-bond acceptors (Lipinski definition) is 5. The third kappa shape index (κ3) is 4.35. The van der Waals surface area contributed by atoms with E-state index in [1.165, 1.54) is 39.9 Å². The van der Waals surface area contributed by atoms with Crippen molar-refractivity contribution in [3.05, 3.63) is 64.5 Å². The van der Waals surface area contributed by atoms with Gasteiger partial charge < -0.3 is 0 Å². The van der Waals surface area contributed by atoms with Crippen LogP contribution in [0.2, 0.25) is 5.02 Å². The monoisotopic (exact) mass is 447 g/mol. The maximum Gasteiger partial charge on any atom is 0.257 e. The molecule has 0 radical (unpaired) electrons. The number of aromatic nitrogens is 1. The second-order valence-electron chi connectivity index (χ2n) is 6.78. The van der Waals surface area contributed by atoms with Gasteiger partial charge in [0.25, 0.3) is 5.91 Å². The van der Waals surface area contributed by atoms with E-state index in [-0.39, 0.29) is 16.8 Å². The number of halogens is 1. The zero-order valence-electron chi connectivity index (χ0n) is 15.5. The number of thiazole rings is 1. The van der Waals surface area contributed by atoms with E-state index >= 15 is 0 Å². The van der Waals surface area contributed by atoms with Gasteiger partial charge in [0.1, 0.15) is 0 Å². The predicted octanol–water partition coefficient (Wildman–Crippen LogP) is 4.50. The van der Waals surface area contributed by atoms with Crippen LogP contribution < -0.4 is 5.32 Å². The van der Waals surface area contributed by atoms with Crippen molar-refractivity contribution in [1.82, 2.24) is 9.29 Å². The van der Waals surface area contributed by atoms with Crippen LogP contribution in [0.4, 0.5) is 5.13 Å². The molecular formula is C20H18ClN3O3S2. The van der Waals surface area contributed by atoms with Gasteiger partial charge in [-0.2, -0.15) is 4.31 Å².